The summed E-state index contributed by atoms with van der Waals surface area (Å²) < 4.78 is 0. The first-order valence-corrected chi connectivity index (χ1v) is 11.0. The lowest BCUT2D eigenvalue weighted by Gasteiger charge is -2.24. The number of benzene rings is 1. The van der Waals surface area contributed by atoms with E-state index < -0.39 is 17.7 Å². The minimum atomic E-state index is -0.645. The molecule has 0 aromatic heterocycles. The minimum Gasteiger partial charge on any atom is -0.366 e. The van der Waals surface area contributed by atoms with Crippen LogP contribution in [0.1, 0.15) is 109 Å². The standard InChI is InChI=1S/C24H39N3O3/c1-13(2)7-10-16-19(22(25)28)17(11-8-14(3)4)21(24(27)30)18(12-9-15(5)6)20(16)23(26)29/h13-15H,7-12H2,1-6H3,(H2,25,28)(H2,26,29)(H2,27,30). The Balaban J connectivity index is 4.00. The van der Waals surface area contributed by atoms with Crippen LogP contribution in [0.2, 0.25) is 0 Å². The number of hydrogen-bond acceptors (Lipinski definition) is 3. The maximum atomic E-state index is 12.6. The van der Waals surface area contributed by atoms with Crippen LogP contribution in [-0.4, -0.2) is 17.7 Å². The predicted octanol–water partition coefficient (Wildman–Crippen LogP) is 3.75. The second kappa shape index (κ2) is 11.1. The molecule has 168 valence electrons. The first-order chi connectivity index (χ1) is 13.9. The molecule has 1 aromatic carbocycles. The summed E-state index contributed by atoms with van der Waals surface area (Å²) in [6, 6.07) is 0. The summed E-state index contributed by atoms with van der Waals surface area (Å²) in [5, 5.41) is 0. The third-order valence-electron chi connectivity index (χ3n) is 5.46. The van der Waals surface area contributed by atoms with Crippen molar-refractivity contribution in [1.29, 1.82) is 0 Å². The molecule has 1 rings (SSSR count). The van der Waals surface area contributed by atoms with Crippen LogP contribution in [0.4, 0.5) is 0 Å². The fourth-order valence-electron chi connectivity index (χ4n) is 3.86. The monoisotopic (exact) mass is 417 g/mol. The van der Waals surface area contributed by atoms with Crippen LogP contribution in [0.15, 0.2) is 0 Å². The smallest absolute Gasteiger partial charge is 0.249 e. The lowest BCUT2D eigenvalue weighted by atomic mass is 9.79. The quantitative estimate of drug-likeness (QED) is 0.479. The first-order valence-electron chi connectivity index (χ1n) is 11.0. The van der Waals surface area contributed by atoms with E-state index in [4.69, 9.17) is 17.2 Å². The van der Waals surface area contributed by atoms with Gasteiger partial charge in [0.1, 0.15) is 0 Å². The summed E-state index contributed by atoms with van der Waals surface area (Å²) in [7, 11) is 0. The molecule has 1 aromatic rings. The van der Waals surface area contributed by atoms with Crippen molar-refractivity contribution in [3.63, 3.8) is 0 Å². The summed E-state index contributed by atoms with van der Waals surface area (Å²) >= 11 is 0. The molecule has 6 N–H and O–H groups in total. The summed E-state index contributed by atoms with van der Waals surface area (Å²) in [6.07, 6.45) is 3.79. The van der Waals surface area contributed by atoms with Crippen LogP contribution < -0.4 is 17.2 Å². The highest BCUT2D eigenvalue weighted by Crippen LogP contribution is 2.33. The molecule has 0 saturated carbocycles. The highest BCUT2D eigenvalue weighted by molar-refractivity contribution is 6.09. The largest absolute Gasteiger partial charge is 0.366 e. The number of hydrogen-bond donors (Lipinski definition) is 3. The van der Waals surface area contributed by atoms with Gasteiger partial charge in [-0.2, -0.15) is 0 Å². The summed E-state index contributed by atoms with van der Waals surface area (Å²) in [5.74, 6) is -0.852. The van der Waals surface area contributed by atoms with E-state index in [0.29, 0.717) is 53.7 Å². The van der Waals surface area contributed by atoms with Crippen molar-refractivity contribution in [3.8, 4) is 0 Å². The van der Waals surface area contributed by atoms with Gasteiger partial charge in [0.2, 0.25) is 17.7 Å². The van der Waals surface area contributed by atoms with Crippen molar-refractivity contribution < 1.29 is 14.4 Å². The van der Waals surface area contributed by atoms with Gasteiger partial charge in [-0.1, -0.05) is 41.5 Å². The second-order valence-electron chi connectivity index (χ2n) is 9.45. The van der Waals surface area contributed by atoms with Gasteiger partial charge in [0.05, 0.1) is 0 Å². The molecule has 0 aliphatic carbocycles. The van der Waals surface area contributed by atoms with Crippen LogP contribution in [0.25, 0.3) is 0 Å². The van der Waals surface area contributed by atoms with E-state index in [1.165, 1.54) is 0 Å². The van der Waals surface area contributed by atoms with Crippen molar-refractivity contribution in [1.82, 2.24) is 0 Å². The van der Waals surface area contributed by atoms with Crippen LogP contribution in [0.3, 0.4) is 0 Å². The van der Waals surface area contributed by atoms with E-state index in [0.717, 1.165) is 19.3 Å². The maximum absolute atomic E-state index is 12.6. The molecule has 6 heteroatoms. The minimum absolute atomic E-state index is 0.257. The fourth-order valence-corrected chi connectivity index (χ4v) is 3.86. The van der Waals surface area contributed by atoms with Gasteiger partial charge in [-0.15, -0.1) is 0 Å². The summed E-state index contributed by atoms with van der Waals surface area (Å²) in [5.41, 5.74) is 19.9. The zero-order valence-electron chi connectivity index (χ0n) is 19.4. The third kappa shape index (κ3) is 6.57. The normalized spacial score (nSPS) is 11.5. The number of rotatable bonds is 12. The Morgan fingerprint density at radius 2 is 0.733 bits per heavy atom. The molecule has 0 atom stereocenters. The predicted molar refractivity (Wildman–Crippen MR) is 121 cm³/mol. The van der Waals surface area contributed by atoms with Crippen molar-refractivity contribution in [2.75, 3.05) is 0 Å². The van der Waals surface area contributed by atoms with Crippen molar-refractivity contribution >= 4 is 17.7 Å². The van der Waals surface area contributed by atoms with Gasteiger partial charge in [-0.05, 0) is 73.0 Å². The summed E-state index contributed by atoms with van der Waals surface area (Å²) in [4.78, 5) is 37.7. The molecule has 30 heavy (non-hydrogen) atoms. The van der Waals surface area contributed by atoms with Gasteiger partial charge in [0.15, 0.2) is 0 Å². The number of nitrogens with two attached hydrogens (primary N) is 3. The van der Waals surface area contributed by atoms with Gasteiger partial charge >= 0.3 is 0 Å². The molecule has 0 saturated heterocycles. The lowest BCUT2D eigenvalue weighted by molar-refractivity contribution is 0.0998. The molecule has 0 radical (unpaired) electrons. The summed E-state index contributed by atoms with van der Waals surface area (Å²) in [6.45, 7) is 12.4. The highest BCUT2D eigenvalue weighted by Gasteiger charge is 2.30. The number of primary amides is 3. The number of carbonyl (C=O) groups is 3. The Hall–Kier alpha value is -2.37. The molecule has 6 nitrogen and oxygen atoms in total. The van der Waals surface area contributed by atoms with Crippen LogP contribution >= 0.6 is 0 Å². The SMILES string of the molecule is CC(C)CCc1c(C(N)=O)c(CCC(C)C)c(C(N)=O)c(CCC(C)C)c1C(N)=O. The molecule has 0 unspecified atom stereocenters. The van der Waals surface area contributed by atoms with Crippen LogP contribution in [0, 0.1) is 17.8 Å². The molecule has 0 aliphatic heterocycles. The Kier molecular flexibility index (Phi) is 9.53. The molecule has 3 amide bonds. The van der Waals surface area contributed by atoms with E-state index in [9.17, 15) is 14.4 Å². The maximum Gasteiger partial charge on any atom is 0.249 e. The van der Waals surface area contributed by atoms with Crippen molar-refractivity contribution in [2.45, 2.75) is 80.1 Å². The Labute approximate surface area is 181 Å². The molecular weight excluding hydrogens is 378 g/mol. The third-order valence-corrected chi connectivity index (χ3v) is 5.46. The van der Waals surface area contributed by atoms with E-state index in [1.807, 2.05) is 0 Å². The zero-order valence-corrected chi connectivity index (χ0v) is 19.4. The van der Waals surface area contributed by atoms with E-state index in [-0.39, 0.29) is 16.7 Å². The molecule has 0 spiro atoms. The zero-order chi connectivity index (χ0) is 23.2. The van der Waals surface area contributed by atoms with E-state index in [1.54, 1.807) is 0 Å². The molecule has 0 bridgehead atoms. The lowest BCUT2D eigenvalue weighted by Crippen LogP contribution is -2.29. The molecular formula is C24H39N3O3. The Morgan fingerprint density at radius 1 is 0.533 bits per heavy atom. The molecule has 0 heterocycles. The Morgan fingerprint density at radius 3 is 0.867 bits per heavy atom. The van der Waals surface area contributed by atoms with Gasteiger partial charge in [-0.25, -0.2) is 0 Å². The van der Waals surface area contributed by atoms with E-state index in [2.05, 4.69) is 41.5 Å². The van der Waals surface area contributed by atoms with Crippen molar-refractivity contribution in [3.05, 3.63) is 33.4 Å². The van der Waals surface area contributed by atoms with Crippen LogP contribution in [-0.2, 0) is 19.3 Å². The van der Waals surface area contributed by atoms with Crippen molar-refractivity contribution in [2.24, 2.45) is 35.0 Å². The van der Waals surface area contributed by atoms with Gasteiger partial charge in [0.25, 0.3) is 0 Å². The topological polar surface area (TPSA) is 129 Å². The molecule has 0 aliphatic rings. The van der Waals surface area contributed by atoms with Gasteiger partial charge in [0, 0.05) is 16.7 Å². The average molecular weight is 418 g/mol. The highest BCUT2D eigenvalue weighted by atomic mass is 16.2. The number of amides is 3. The van der Waals surface area contributed by atoms with Gasteiger partial charge < -0.3 is 17.2 Å². The van der Waals surface area contributed by atoms with E-state index >= 15 is 0 Å². The average Bonchev–Trinajstić information content (AvgIpc) is 2.60. The number of carbonyl (C=O) groups excluding carboxylic acids is 3. The van der Waals surface area contributed by atoms with Gasteiger partial charge in [-0.3, -0.25) is 14.4 Å². The first kappa shape index (κ1) is 25.7. The van der Waals surface area contributed by atoms with Crippen LogP contribution in [0.5, 0.6) is 0 Å². The molecule has 0 fully saturated rings. The second-order valence-corrected chi connectivity index (χ2v) is 9.45. The Bertz CT molecular complexity index is 670. The fraction of sp³-hybridized carbons (Fsp3) is 0.625.